The van der Waals surface area contributed by atoms with E-state index >= 15 is 0 Å². The fraction of sp³-hybridized carbons (Fsp3) is 0.688. The largest absolute Gasteiger partial charge is 0.416 e. The predicted molar refractivity (Wildman–Crippen MR) is 97.6 cm³/mol. The van der Waals surface area contributed by atoms with E-state index < -0.39 is 9.76 Å². The van der Waals surface area contributed by atoms with Crippen LogP contribution in [0.5, 0.6) is 0 Å². The SMILES string of the molecule is CC(C)C(Nc1cncc(Br)c1)C(C)(C)O[SiH2]C(C)(C)C. The lowest BCUT2D eigenvalue weighted by molar-refractivity contribution is 0.0708. The van der Waals surface area contributed by atoms with Crippen LogP contribution < -0.4 is 5.32 Å². The maximum atomic E-state index is 6.36. The number of anilines is 1. The van der Waals surface area contributed by atoms with Gasteiger partial charge in [-0.05, 0) is 46.8 Å². The van der Waals surface area contributed by atoms with E-state index in [9.17, 15) is 0 Å². The Morgan fingerprint density at radius 2 is 1.81 bits per heavy atom. The first-order valence-electron chi connectivity index (χ1n) is 7.52. The number of rotatable bonds is 6. The third kappa shape index (κ3) is 6.49. The summed E-state index contributed by atoms with van der Waals surface area (Å²) >= 11 is 3.47. The minimum Gasteiger partial charge on any atom is -0.416 e. The van der Waals surface area contributed by atoms with E-state index in [1.54, 1.807) is 6.20 Å². The topological polar surface area (TPSA) is 34.2 Å². The molecular weight excluding hydrogens is 344 g/mol. The minimum atomic E-state index is -0.591. The molecule has 1 N–H and O–H groups in total. The Kier molecular flexibility index (Phi) is 6.44. The summed E-state index contributed by atoms with van der Waals surface area (Å²) < 4.78 is 7.35. The summed E-state index contributed by atoms with van der Waals surface area (Å²) in [5.74, 6) is 0.466. The molecule has 0 aromatic carbocycles. The first kappa shape index (κ1) is 18.7. The smallest absolute Gasteiger partial charge is 0.167 e. The number of nitrogens with one attached hydrogen (secondary N) is 1. The van der Waals surface area contributed by atoms with Gasteiger partial charge < -0.3 is 9.74 Å². The van der Waals surface area contributed by atoms with Gasteiger partial charge in [0.2, 0.25) is 0 Å². The average Bonchev–Trinajstić information content (AvgIpc) is 2.32. The van der Waals surface area contributed by atoms with E-state index in [1.807, 2.05) is 6.20 Å². The third-order valence-corrected chi connectivity index (χ3v) is 5.51. The van der Waals surface area contributed by atoms with Crippen LogP contribution in [0, 0.1) is 5.92 Å². The van der Waals surface area contributed by atoms with Gasteiger partial charge in [0.15, 0.2) is 9.76 Å². The van der Waals surface area contributed by atoms with Crippen LogP contribution in [0.4, 0.5) is 5.69 Å². The molecule has 1 rings (SSSR count). The summed E-state index contributed by atoms with van der Waals surface area (Å²) in [7, 11) is -0.591. The second kappa shape index (κ2) is 7.25. The highest BCUT2D eigenvalue weighted by Gasteiger charge is 2.33. The zero-order chi connectivity index (χ0) is 16.3. The number of hydrogen-bond acceptors (Lipinski definition) is 3. The van der Waals surface area contributed by atoms with Crippen molar-refractivity contribution in [3.05, 3.63) is 22.9 Å². The number of nitrogens with zero attached hydrogens (tertiary/aromatic N) is 1. The molecule has 5 heteroatoms. The first-order chi connectivity index (χ1) is 9.51. The lowest BCUT2D eigenvalue weighted by Crippen LogP contribution is -2.49. The van der Waals surface area contributed by atoms with Crippen molar-refractivity contribution in [2.24, 2.45) is 5.92 Å². The Bertz CT molecular complexity index is 458. The minimum absolute atomic E-state index is 0.198. The van der Waals surface area contributed by atoms with Crippen LogP contribution in [-0.4, -0.2) is 26.4 Å². The highest BCUT2D eigenvalue weighted by atomic mass is 79.9. The quantitative estimate of drug-likeness (QED) is 0.752. The third-order valence-electron chi connectivity index (χ3n) is 3.32. The summed E-state index contributed by atoms with van der Waals surface area (Å²) in [6.07, 6.45) is 3.65. The van der Waals surface area contributed by atoms with E-state index in [1.165, 1.54) is 0 Å². The molecule has 120 valence electrons. The van der Waals surface area contributed by atoms with Gasteiger partial charge in [-0.15, -0.1) is 0 Å². The normalized spacial score (nSPS) is 14.9. The van der Waals surface area contributed by atoms with Crippen LogP contribution in [0.1, 0.15) is 48.5 Å². The maximum absolute atomic E-state index is 6.36. The van der Waals surface area contributed by atoms with Crippen molar-refractivity contribution in [2.75, 3.05) is 5.32 Å². The molecule has 3 nitrogen and oxygen atoms in total. The molecule has 0 amide bonds. The molecule has 1 aromatic heterocycles. The average molecular weight is 373 g/mol. The van der Waals surface area contributed by atoms with Crippen LogP contribution in [0.2, 0.25) is 5.04 Å². The lowest BCUT2D eigenvalue weighted by Gasteiger charge is -2.40. The summed E-state index contributed by atoms with van der Waals surface area (Å²) in [5, 5.41) is 3.90. The van der Waals surface area contributed by atoms with Crippen molar-refractivity contribution in [1.29, 1.82) is 0 Å². The fourth-order valence-corrected chi connectivity index (χ4v) is 3.66. The first-order valence-corrected chi connectivity index (χ1v) is 9.60. The Balaban J connectivity index is 2.85. The highest BCUT2D eigenvalue weighted by molar-refractivity contribution is 9.10. The van der Waals surface area contributed by atoms with E-state index in [-0.39, 0.29) is 11.6 Å². The zero-order valence-corrected chi connectivity index (χ0v) is 17.3. The van der Waals surface area contributed by atoms with E-state index in [2.05, 4.69) is 80.8 Å². The Morgan fingerprint density at radius 1 is 1.19 bits per heavy atom. The van der Waals surface area contributed by atoms with Gasteiger partial charge in [-0.3, -0.25) is 4.98 Å². The molecule has 1 heterocycles. The molecule has 0 saturated carbocycles. The van der Waals surface area contributed by atoms with Gasteiger partial charge in [0.1, 0.15) is 0 Å². The van der Waals surface area contributed by atoms with Gasteiger partial charge in [0.05, 0.1) is 23.5 Å². The molecule has 0 spiro atoms. The van der Waals surface area contributed by atoms with Crippen LogP contribution in [0.3, 0.4) is 0 Å². The maximum Gasteiger partial charge on any atom is 0.167 e. The summed E-state index contributed by atoms with van der Waals surface area (Å²) in [6.45, 7) is 15.6. The van der Waals surface area contributed by atoms with Gasteiger partial charge >= 0.3 is 0 Å². The molecule has 1 atom stereocenters. The van der Waals surface area contributed by atoms with Crippen molar-refractivity contribution in [1.82, 2.24) is 4.98 Å². The predicted octanol–water partition coefficient (Wildman–Crippen LogP) is 4.38. The van der Waals surface area contributed by atoms with E-state index in [0.29, 0.717) is 11.0 Å². The second-order valence-electron chi connectivity index (χ2n) is 7.71. The molecule has 0 saturated heterocycles. The Labute approximate surface area is 140 Å². The van der Waals surface area contributed by atoms with Crippen molar-refractivity contribution >= 4 is 31.4 Å². The van der Waals surface area contributed by atoms with Crippen molar-refractivity contribution in [3.63, 3.8) is 0 Å². The number of pyridine rings is 1. The van der Waals surface area contributed by atoms with Crippen molar-refractivity contribution in [3.8, 4) is 0 Å². The highest BCUT2D eigenvalue weighted by Crippen LogP contribution is 2.29. The molecular formula is C16H29BrN2OSi. The number of aromatic nitrogens is 1. The molecule has 1 unspecified atom stereocenters. The monoisotopic (exact) mass is 372 g/mol. The lowest BCUT2D eigenvalue weighted by atomic mass is 9.89. The van der Waals surface area contributed by atoms with Gasteiger partial charge in [0.25, 0.3) is 0 Å². The molecule has 0 aliphatic rings. The van der Waals surface area contributed by atoms with Gasteiger partial charge in [0, 0.05) is 10.7 Å². The molecule has 0 bridgehead atoms. The van der Waals surface area contributed by atoms with E-state index in [4.69, 9.17) is 4.43 Å². The molecule has 1 aromatic rings. The zero-order valence-electron chi connectivity index (χ0n) is 14.3. The van der Waals surface area contributed by atoms with Gasteiger partial charge in [-0.1, -0.05) is 34.6 Å². The van der Waals surface area contributed by atoms with E-state index in [0.717, 1.165) is 10.2 Å². The fourth-order valence-electron chi connectivity index (χ4n) is 2.31. The molecule has 21 heavy (non-hydrogen) atoms. The molecule has 0 aliphatic carbocycles. The van der Waals surface area contributed by atoms with Crippen LogP contribution >= 0.6 is 15.9 Å². The molecule has 0 fully saturated rings. The molecule has 0 radical (unpaired) electrons. The van der Waals surface area contributed by atoms with Crippen molar-refractivity contribution in [2.45, 2.75) is 65.1 Å². The van der Waals surface area contributed by atoms with Crippen LogP contribution in [-0.2, 0) is 4.43 Å². The number of halogens is 1. The van der Waals surface area contributed by atoms with Crippen LogP contribution in [0.15, 0.2) is 22.9 Å². The Morgan fingerprint density at radius 3 is 2.29 bits per heavy atom. The Hall–Kier alpha value is -0.393. The standard InChI is InChI=1S/C16H29BrN2OSi/c1-11(2)14(16(6,7)20-21-15(3,4)5)19-13-8-12(17)9-18-10-13/h8-11,14,19H,21H2,1-7H3. The summed E-state index contributed by atoms with van der Waals surface area (Å²) in [6, 6.07) is 2.29. The second-order valence-corrected chi connectivity index (χ2v) is 11.3. The summed E-state index contributed by atoms with van der Waals surface area (Å²) in [4.78, 5) is 4.22. The van der Waals surface area contributed by atoms with Crippen LogP contribution in [0.25, 0.3) is 0 Å². The van der Waals surface area contributed by atoms with Gasteiger partial charge in [-0.2, -0.15) is 0 Å². The summed E-state index contributed by atoms with van der Waals surface area (Å²) in [5.41, 5.74) is 0.827. The van der Waals surface area contributed by atoms with Gasteiger partial charge in [-0.25, -0.2) is 0 Å². The molecule has 0 aliphatic heterocycles. The van der Waals surface area contributed by atoms with Crippen molar-refractivity contribution < 1.29 is 4.43 Å². The number of hydrogen-bond donors (Lipinski definition) is 1.